The average molecular weight is 616 g/mol. The van der Waals surface area contributed by atoms with Crippen LogP contribution in [-0.2, 0) is 9.53 Å². The number of amides is 3. The molecule has 3 amide bonds. The van der Waals surface area contributed by atoms with Crippen LogP contribution in [0.25, 0.3) is 11.0 Å². The highest BCUT2D eigenvalue weighted by atomic mass is 16.6. The van der Waals surface area contributed by atoms with E-state index in [0.717, 1.165) is 17.5 Å². The summed E-state index contributed by atoms with van der Waals surface area (Å²) in [6.45, 7) is 11.4. The van der Waals surface area contributed by atoms with Gasteiger partial charge in [0.25, 0.3) is 0 Å². The van der Waals surface area contributed by atoms with Gasteiger partial charge in [0.05, 0.1) is 17.5 Å². The molecular weight excluding hydrogens is 574 g/mol. The molecule has 238 valence electrons. The normalized spacial score (nSPS) is 18.8. The quantitative estimate of drug-likeness (QED) is 0.448. The SMILES string of the molecule is C[C@@H]1CCN(C(=O)CC#N)C[C@@H]1N(C)c1ncnc2c1ccn2C(=O)Nc1ccc(N2CCN(C(=O)OC(C)(C)C)CC2)cc1. The van der Waals surface area contributed by atoms with Gasteiger partial charge in [-0.05, 0) is 63.4 Å². The summed E-state index contributed by atoms with van der Waals surface area (Å²) in [5, 5.41) is 12.6. The van der Waals surface area contributed by atoms with Crippen molar-refractivity contribution in [2.24, 2.45) is 5.92 Å². The van der Waals surface area contributed by atoms with Gasteiger partial charge in [-0.25, -0.2) is 19.6 Å². The predicted octanol–water partition coefficient (Wildman–Crippen LogP) is 4.16. The molecule has 4 heterocycles. The fourth-order valence-electron chi connectivity index (χ4n) is 5.91. The molecule has 0 saturated carbocycles. The second-order valence-electron chi connectivity index (χ2n) is 12.7. The van der Waals surface area contributed by atoms with Crippen molar-refractivity contribution in [2.45, 2.75) is 52.2 Å². The maximum atomic E-state index is 13.3. The molecule has 1 N–H and O–H groups in total. The molecule has 13 heteroatoms. The van der Waals surface area contributed by atoms with E-state index in [1.807, 2.05) is 64.2 Å². The van der Waals surface area contributed by atoms with Crippen LogP contribution in [0.1, 0.15) is 40.5 Å². The predicted molar refractivity (Wildman–Crippen MR) is 171 cm³/mol. The van der Waals surface area contributed by atoms with Crippen LogP contribution in [0.2, 0.25) is 0 Å². The van der Waals surface area contributed by atoms with E-state index in [2.05, 4.69) is 32.0 Å². The van der Waals surface area contributed by atoms with E-state index in [1.165, 1.54) is 10.9 Å². The Kier molecular flexibility index (Phi) is 9.13. The average Bonchev–Trinajstić information content (AvgIpc) is 3.45. The van der Waals surface area contributed by atoms with Crippen molar-refractivity contribution in [1.29, 1.82) is 5.26 Å². The zero-order chi connectivity index (χ0) is 32.3. The number of carbonyl (C=O) groups is 3. The number of likely N-dealkylation sites (N-methyl/N-ethyl adjacent to an activating group) is 1. The maximum Gasteiger partial charge on any atom is 0.410 e. The molecule has 0 radical (unpaired) electrons. The summed E-state index contributed by atoms with van der Waals surface area (Å²) in [7, 11) is 1.94. The van der Waals surface area contributed by atoms with Gasteiger partial charge in [0.15, 0.2) is 5.65 Å². The van der Waals surface area contributed by atoms with Crippen LogP contribution in [0.5, 0.6) is 0 Å². The lowest BCUT2D eigenvalue weighted by atomic mass is 9.92. The molecule has 3 aromatic rings. The van der Waals surface area contributed by atoms with Gasteiger partial charge >= 0.3 is 12.1 Å². The Labute approximate surface area is 263 Å². The zero-order valence-electron chi connectivity index (χ0n) is 26.6. The summed E-state index contributed by atoms with van der Waals surface area (Å²) in [5.41, 5.74) is 1.60. The summed E-state index contributed by atoms with van der Waals surface area (Å²) in [6, 6.07) is 11.1. The Hall–Kier alpha value is -4.86. The Balaban J connectivity index is 1.23. The highest BCUT2D eigenvalue weighted by Gasteiger charge is 2.33. The van der Waals surface area contributed by atoms with Crippen LogP contribution >= 0.6 is 0 Å². The van der Waals surface area contributed by atoms with Gasteiger partial charge in [-0.15, -0.1) is 0 Å². The lowest BCUT2D eigenvalue weighted by Gasteiger charge is -2.42. The molecule has 2 aliphatic rings. The minimum absolute atomic E-state index is 0.00419. The van der Waals surface area contributed by atoms with Gasteiger partial charge in [0, 0.05) is 63.9 Å². The largest absolute Gasteiger partial charge is 0.444 e. The van der Waals surface area contributed by atoms with E-state index in [9.17, 15) is 14.4 Å². The van der Waals surface area contributed by atoms with E-state index in [1.54, 1.807) is 16.0 Å². The van der Waals surface area contributed by atoms with Gasteiger partial charge in [-0.3, -0.25) is 9.36 Å². The van der Waals surface area contributed by atoms with Gasteiger partial charge in [-0.1, -0.05) is 6.92 Å². The van der Waals surface area contributed by atoms with Crippen molar-refractivity contribution in [3.8, 4) is 6.07 Å². The van der Waals surface area contributed by atoms with E-state index in [-0.39, 0.29) is 30.5 Å². The second kappa shape index (κ2) is 13.0. The number of anilines is 3. The van der Waals surface area contributed by atoms with E-state index >= 15 is 0 Å². The molecule has 0 spiro atoms. The number of rotatable bonds is 5. The highest BCUT2D eigenvalue weighted by molar-refractivity contribution is 6.00. The molecule has 45 heavy (non-hydrogen) atoms. The number of benzene rings is 1. The van der Waals surface area contributed by atoms with Crippen LogP contribution < -0.4 is 15.1 Å². The van der Waals surface area contributed by atoms with E-state index in [4.69, 9.17) is 10.00 Å². The van der Waals surface area contributed by atoms with Crippen molar-refractivity contribution in [3.63, 3.8) is 0 Å². The number of carbonyl (C=O) groups excluding carboxylic acids is 3. The van der Waals surface area contributed by atoms with Gasteiger partial charge < -0.3 is 29.7 Å². The number of nitriles is 1. The second-order valence-corrected chi connectivity index (χ2v) is 12.7. The van der Waals surface area contributed by atoms with E-state index in [0.29, 0.717) is 62.3 Å². The highest BCUT2D eigenvalue weighted by Crippen LogP contribution is 2.30. The summed E-state index contributed by atoms with van der Waals surface area (Å²) in [6.07, 6.45) is 3.53. The standard InChI is InChI=1S/C32H41N9O4/c1-22-11-14-40(27(42)10-13-33)20-26(22)37(5)28-25-12-15-41(29(25)35-21-34-28)30(43)36-23-6-8-24(9-7-23)38-16-18-39(19-17-38)31(44)45-32(2,3)4/h6-9,12,15,21-22,26H,10-11,14,16-20H2,1-5H3,(H,36,43)/t22-,26+/m1/s1. The molecule has 0 aliphatic carbocycles. The number of hydrogen-bond donors (Lipinski definition) is 1. The third kappa shape index (κ3) is 7.11. The first-order valence-corrected chi connectivity index (χ1v) is 15.3. The number of likely N-dealkylation sites (tertiary alicyclic amines) is 1. The number of piperidine rings is 1. The summed E-state index contributed by atoms with van der Waals surface area (Å²) in [5.74, 6) is 0.815. The monoisotopic (exact) mass is 615 g/mol. The Morgan fingerprint density at radius 3 is 2.42 bits per heavy atom. The van der Waals surface area contributed by atoms with Crippen LogP contribution in [0.3, 0.4) is 0 Å². The first-order valence-electron chi connectivity index (χ1n) is 15.3. The topological polar surface area (TPSA) is 140 Å². The number of nitrogens with zero attached hydrogens (tertiary/aromatic N) is 8. The molecule has 2 fully saturated rings. The Morgan fingerprint density at radius 2 is 1.76 bits per heavy atom. The Bertz CT molecular complexity index is 1580. The number of aromatic nitrogens is 3. The molecule has 2 aromatic heterocycles. The molecule has 5 rings (SSSR count). The van der Waals surface area contributed by atoms with E-state index < -0.39 is 5.60 Å². The molecule has 2 saturated heterocycles. The lowest BCUT2D eigenvalue weighted by molar-refractivity contribution is -0.131. The maximum absolute atomic E-state index is 13.3. The molecular formula is C32H41N9O4. The number of fused-ring (bicyclic) bond motifs is 1. The van der Waals surface area contributed by atoms with Crippen molar-refractivity contribution in [1.82, 2.24) is 24.3 Å². The number of hydrogen-bond acceptors (Lipinski definition) is 9. The van der Waals surface area contributed by atoms with Crippen LogP contribution in [-0.4, -0.2) is 100 Å². The third-order valence-electron chi connectivity index (χ3n) is 8.43. The summed E-state index contributed by atoms with van der Waals surface area (Å²) >= 11 is 0. The molecule has 1 aromatic carbocycles. The first-order chi connectivity index (χ1) is 21.4. The third-order valence-corrected chi connectivity index (χ3v) is 8.43. The fourth-order valence-corrected chi connectivity index (χ4v) is 5.91. The number of nitrogens with one attached hydrogen (secondary N) is 1. The molecule has 13 nitrogen and oxygen atoms in total. The minimum Gasteiger partial charge on any atom is -0.444 e. The number of piperazine rings is 1. The van der Waals surface area contributed by atoms with Crippen molar-refractivity contribution < 1.29 is 19.1 Å². The first kappa shape index (κ1) is 31.6. The number of ether oxygens (including phenoxy) is 1. The van der Waals surface area contributed by atoms with Gasteiger partial charge in [0.2, 0.25) is 5.91 Å². The molecule has 2 aliphatic heterocycles. The lowest BCUT2D eigenvalue weighted by Crippen LogP contribution is -2.52. The van der Waals surface area contributed by atoms with Crippen molar-refractivity contribution >= 4 is 46.3 Å². The Morgan fingerprint density at radius 1 is 1.04 bits per heavy atom. The minimum atomic E-state index is -0.522. The van der Waals surface area contributed by atoms with Crippen molar-refractivity contribution in [3.05, 3.63) is 42.9 Å². The van der Waals surface area contributed by atoms with Gasteiger partial charge in [0.1, 0.15) is 24.2 Å². The molecule has 2 atom stereocenters. The van der Waals surface area contributed by atoms with Crippen molar-refractivity contribution in [2.75, 3.05) is 61.4 Å². The molecule has 0 unspecified atom stereocenters. The molecule has 0 bridgehead atoms. The summed E-state index contributed by atoms with van der Waals surface area (Å²) in [4.78, 5) is 54.8. The van der Waals surface area contributed by atoms with Crippen LogP contribution in [0, 0.1) is 17.2 Å². The van der Waals surface area contributed by atoms with Gasteiger partial charge in [-0.2, -0.15) is 5.26 Å². The van der Waals surface area contributed by atoms with Crippen LogP contribution in [0.4, 0.5) is 26.8 Å². The fraction of sp³-hybridized carbons (Fsp3) is 0.500. The zero-order valence-corrected chi connectivity index (χ0v) is 26.6. The van der Waals surface area contributed by atoms with Crippen LogP contribution in [0.15, 0.2) is 42.9 Å². The smallest absolute Gasteiger partial charge is 0.410 e. The summed E-state index contributed by atoms with van der Waals surface area (Å²) < 4.78 is 6.96.